The fraction of sp³-hybridized carbons (Fsp3) is 0.500. The second-order valence-electron chi connectivity index (χ2n) is 4.61. The van der Waals surface area contributed by atoms with Gasteiger partial charge in [-0.15, -0.1) is 0 Å². The van der Waals surface area contributed by atoms with Crippen molar-refractivity contribution in [1.29, 1.82) is 0 Å². The number of carbonyl (C=O) groups excluding carboxylic acids is 1. The fourth-order valence-corrected chi connectivity index (χ4v) is 2.56. The Morgan fingerprint density at radius 1 is 1.44 bits per heavy atom. The molecule has 2 heteroatoms. The largest absolute Gasteiger partial charge is 0.349 e. The van der Waals surface area contributed by atoms with Crippen LogP contribution in [0.25, 0.3) is 0 Å². The Labute approximate surface area is 97.1 Å². The van der Waals surface area contributed by atoms with Crippen LogP contribution < -0.4 is 5.32 Å². The van der Waals surface area contributed by atoms with Crippen LogP contribution >= 0.6 is 0 Å². The molecule has 2 nitrogen and oxygen atoms in total. The Kier molecular flexibility index (Phi) is 3.28. The summed E-state index contributed by atoms with van der Waals surface area (Å²) in [4.78, 5) is 11.7. The van der Waals surface area contributed by atoms with Crippen molar-refractivity contribution in [2.45, 2.75) is 38.6 Å². The van der Waals surface area contributed by atoms with Gasteiger partial charge < -0.3 is 5.32 Å². The quantitative estimate of drug-likeness (QED) is 0.721. The van der Waals surface area contributed by atoms with Gasteiger partial charge in [0.05, 0.1) is 0 Å². The van der Waals surface area contributed by atoms with Crippen molar-refractivity contribution in [2.24, 2.45) is 5.92 Å². The first kappa shape index (κ1) is 11.2. The Bertz CT molecular complexity index is 363. The molecular weight excluding hydrogens is 198 g/mol. The summed E-state index contributed by atoms with van der Waals surface area (Å²) in [7, 11) is 0. The molecule has 1 amide bonds. The number of nitrogens with one attached hydrogen (secondary N) is 1. The average Bonchev–Trinajstić information content (AvgIpc) is 2.58. The van der Waals surface area contributed by atoms with E-state index in [4.69, 9.17) is 0 Å². The number of fused-ring (bicyclic) bond motifs is 1. The lowest BCUT2D eigenvalue weighted by Crippen LogP contribution is -2.29. The molecule has 0 aromatic carbocycles. The predicted molar refractivity (Wildman–Crippen MR) is 65.9 cm³/mol. The predicted octanol–water partition coefficient (Wildman–Crippen LogP) is 2.73. The minimum absolute atomic E-state index is 0.0944. The highest BCUT2D eigenvalue weighted by atomic mass is 16.2. The monoisotopic (exact) mass is 217 g/mol. The number of allylic oxidation sites excluding steroid dienone is 3. The molecule has 1 N–H and O–H groups in total. The third kappa shape index (κ3) is 1.97. The van der Waals surface area contributed by atoms with E-state index in [2.05, 4.69) is 18.8 Å². The van der Waals surface area contributed by atoms with Crippen molar-refractivity contribution in [1.82, 2.24) is 5.32 Å². The second kappa shape index (κ2) is 4.69. The molecule has 86 valence electrons. The van der Waals surface area contributed by atoms with Crippen molar-refractivity contribution in [3.8, 4) is 0 Å². The molecule has 2 aliphatic rings. The standard InChI is InChI=1S/C14H19NO/c1-3-4-5-9-12-13-10(2)7-6-8-11(13)14(16)15-12/h6-8,12-13H,2-5,9H2,1H3,(H,15,16). The van der Waals surface area contributed by atoms with Crippen LogP contribution in [0.4, 0.5) is 0 Å². The van der Waals surface area contributed by atoms with Gasteiger partial charge in [-0.3, -0.25) is 4.79 Å². The SMILES string of the molecule is C=C1C=CC=C2C(=O)NC(CCCCC)C12. The first-order chi connectivity index (χ1) is 7.74. The Balaban J connectivity index is 2.06. The van der Waals surface area contributed by atoms with Crippen LogP contribution in [0.5, 0.6) is 0 Å². The van der Waals surface area contributed by atoms with Crippen molar-refractivity contribution in [3.05, 3.63) is 36.0 Å². The first-order valence-corrected chi connectivity index (χ1v) is 6.12. The zero-order valence-corrected chi connectivity index (χ0v) is 9.83. The van der Waals surface area contributed by atoms with Gasteiger partial charge in [0.2, 0.25) is 5.91 Å². The summed E-state index contributed by atoms with van der Waals surface area (Å²) in [6.07, 6.45) is 10.6. The van der Waals surface area contributed by atoms with Crippen LogP contribution in [0.3, 0.4) is 0 Å². The van der Waals surface area contributed by atoms with Crippen LogP contribution in [0, 0.1) is 5.92 Å². The summed E-state index contributed by atoms with van der Waals surface area (Å²) in [6.45, 7) is 6.25. The minimum atomic E-state index is 0.0944. The van der Waals surface area contributed by atoms with Gasteiger partial charge in [-0.05, 0) is 12.0 Å². The van der Waals surface area contributed by atoms with Gasteiger partial charge >= 0.3 is 0 Å². The van der Waals surface area contributed by atoms with Crippen LogP contribution in [0.15, 0.2) is 36.0 Å². The Morgan fingerprint density at radius 2 is 2.25 bits per heavy atom. The lowest BCUT2D eigenvalue weighted by Gasteiger charge is -2.21. The maximum Gasteiger partial charge on any atom is 0.248 e. The zero-order valence-electron chi connectivity index (χ0n) is 9.83. The number of unbranched alkanes of at least 4 members (excludes halogenated alkanes) is 2. The number of rotatable bonds is 4. The molecular formula is C14H19NO. The molecule has 2 unspecified atom stereocenters. The van der Waals surface area contributed by atoms with E-state index < -0.39 is 0 Å². The molecule has 1 saturated heterocycles. The second-order valence-corrected chi connectivity index (χ2v) is 4.61. The molecule has 0 radical (unpaired) electrons. The molecule has 2 atom stereocenters. The number of carbonyl (C=O) groups is 1. The molecule has 1 aliphatic carbocycles. The smallest absolute Gasteiger partial charge is 0.248 e. The lowest BCUT2D eigenvalue weighted by atomic mass is 9.83. The fourth-order valence-electron chi connectivity index (χ4n) is 2.56. The maximum atomic E-state index is 11.7. The van der Waals surface area contributed by atoms with E-state index in [1.54, 1.807) is 0 Å². The van der Waals surface area contributed by atoms with Gasteiger partial charge in [-0.25, -0.2) is 0 Å². The van der Waals surface area contributed by atoms with Gasteiger partial charge in [0.25, 0.3) is 0 Å². The highest BCUT2D eigenvalue weighted by Gasteiger charge is 2.38. The van der Waals surface area contributed by atoms with Crippen LogP contribution in [0.1, 0.15) is 32.6 Å². The highest BCUT2D eigenvalue weighted by molar-refractivity contribution is 5.98. The van der Waals surface area contributed by atoms with Gasteiger partial charge in [0, 0.05) is 17.5 Å². The zero-order chi connectivity index (χ0) is 11.5. The maximum absolute atomic E-state index is 11.7. The molecule has 1 fully saturated rings. The van der Waals surface area contributed by atoms with Crippen LogP contribution in [-0.4, -0.2) is 11.9 Å². The third-order valence-electron chi connectivity index (χ3n) is 3.42. The van der Waals surface area contributed by atoms with E-state index in [1.165, 1.54) is 19.3 Å². The first-order valence-electron chi connectivity index (χ1n) is 6.12. The Hall–Kier alpha value is -1.31. The molecule has 1 aliphatic heterocycles. The van der Waals surface area contributed by atoms with E-state index in [0.717, 1.165) is 17.6 Å². The van der Waals surface area contributed by atoms with Crippen molar-refractivity contribution in [2.75, 3.05) is 0 Å². The van der Waals surface area contributed by atoms with Crippen molar-refractivity contribution >= 4 is 5.91 Å². The summed E-state index contributed by atoms with van der Waals surface area (Å²) in [5.41, 5.74) is 1.96. The summed E-state index contributed by atoms with van der Waals surface area (Å²) >= 11 is 0. The summed E-state index contributed by atoms with van der Waals surface area (Å²) < 4.78 is 0. The molecule has 0 saturated carbocycles. The number of hydrogen-bond acceptors (Lipinski definition) is 1. The van der Waals surface area contributed by atoms with Gasteiger partial charge in [-0.1, -0.05) is 51.0 Å². The van der Waals surface area contributed by atoms with Crippen molar-refractivity contribution < 1.29 is 4.79 Å². The van der Waals surface area contributed by atoms with E-state index in [1.807, 2.05) is 18.2 Å². The number of hydrogen-bond donors (Lipinski definition) is 1. The van der Waals surface area contributed by atoms with E-state index in [9.17, 15) is 4.79 Å². The van der Waals surface area contributed by atoms with Gasteiger partial charge in [0.1, 0.15) is 0 Å². The summed E-state index contributed by atoms with van der Waals surface area (Å²) in [5, 5.41) is 3.08. The molecule has 1 heterocycles. The molecule has 2 rings (SSSR count). The lowest BCUT2D eigenvalue weighted by molar-refractivity contribution is -0.116. The molecule has 0 aromatic heterocycles. The van der Waals surface area contributed by atoms with E-state index in [-0.39, 0.29) is 17.9 Å². The van der Waals surface area contributed by atoms with Crippen LogP contribution in [0.2, 0.25) is 0 Å². The van der Waals surface area contributed by atoms with Gasteiger partial charge in [0.15, 0.2) is 0 Å². The summed E-state index contributed by atoms with van der Waals surface area (Å²) in [5.74, 6) is 0.311. The topological polar surface area (TPSA) is 29.1 Å². The average molecular weight is 217 g/mol. The number of amides is 1. The normalized spacial score (nSPS) is 27.7. The van der Waals surface area contributed by atoms with Crippen LogP contribution in [-0.2, 0) is 4.79 Å². The Morgan fingerprint density at radius 3 is 3.00 bits per heavy atom. The highest BCUT2D eigenvalue weighted by Crippen LogP contribution is 2.34. The van der Waals surface area contributed by atoms with E-state index >= 15 is 0 Å². The van der Waals surface area contributed by atoms with Crippen molar-refractivity contribution in [3.63, 3.8) is 0 Å². The third-order valence-corrected chi connectivity index (χ3v) is 3.42. The molecule has 16 heavy (non-hydrogen) atoms. The minimum Gasteiger partial charge on any atom is -0.349 e. The van der Waals surface area contributed by atoms with E-state index in [0.29, 0.717) is 0 Å². The van der Waals surface area contributed by atoms with Gasteiger partial charge in [-0.2, -0.15) is 0 Å². The molecule has 0 spiro atoms. The molecule has 0 bridgehead atoms. The molecule has 0 aromatic rings. The summed E-state index contributed by atoms with van der Waals surface area (Å²) in [6, 6.07) is 0.266.